The first-order valence-electron chi connectivity index (χ1n) is 13.6. The van der Waals surface area contributed by atoms with E-state index in [9.17, 15) is 22.8 Å². The fourth-order valence-electron chi connectivity index (χ4n) is 4.60. The maximum absolute atomic E-state index is 12.8. The molecule has 5 aromatic rings. The lowest BCUT2D eigenvalue weighted by Gasteiger charge is -2.13. The topological polar surface area (TPSA) is 132 Å². The van der Waals surface area contributed by atoms with E-state index in [4.69, 9.17) is 23.7 Å². The molecular formula is C31H27F3N4O8S. The Labute approximate surface area is 269 Å². The Bertz CT molecular complexity index is 1930. The molecule has 2 heterocycles. The van der Waals surface area contributed by atoms with Crippen LogP contribution in [-0.2, 0) is 4.79 Å². The predicted octanol–water partition coefficient (Wildman–Crippen LogP) is 6.44. The van der Waals surface area contributed by atoms with E-state index < -0.39 is 24.6 Å². The molecule has 0 atom stereocenters. The predicted molar refractivity (Wildman–Crippen MR) is 166 cm³/mol. The molecule has 0 unspecified atom stereocenters. The second kappa shape index (κ2) is 13.5. The van der Waals surface area contributed by atoms with Crippen LogP contribution in [0, 0.1) is 0 Å². The monoisotopic (exact) mass is 672 g/mol. The van der Waals surface area contributed by atoms with Crippen molar-refractivity contribution in [3.05, 3.63) is 54.6 Å². The van der Waals surface area contributed by atoms with E-state index in [-0.39, 0.29) is 16.8 Å². The summed E-state index contributed by atoms with van der Waals surface area (Å²) in [7, 11) is 5.91. The highest BCUT2D eigenvalue weighted by Gasteiger charge is 2.31. The Morgan fingerprint density at radius 2 is 1.53 bits per heavy atom. The molecule has 1 N–H and O–H groups in total. The highest BCUT2D eigenvalue weighted by molar-refractivity contribution is 7.22. The van der Waals surface area contributed by atoms with Gasteiger partial charge in [-0.1, -0.05) is 11.3 Å². The Morgan fingerprint density at radius 1 is 0.851 bits per heavy atom. The van der Waals surface area contributed by atoms with E-state index in [0.717, 1.165) is 17.4 Å². The molecule has 0 saturated carbocycles. The van der Waals surface area contributed by atoms with Gasteiger partial charge in [0.1, 0.15) is 5.75 Å². The number of benzene rings is 3. The lowest BCUT2D eigenvalue weighted by Crippen LogP contribution is -2.20. The number of nitrogens with zero attached hydrogens (tertiary/aromatic N) is 3. The third kappa shape index (κ3) is 7.33. The van der Waals surface area contributed by atoms with E-state index in [0.29, 0.717) is 55.7 Å². The van der Waals surface area contributed by atoms with E-state index in [1.54, 1.807) is 36.4 Å². The molecule has 0 saturated heterocycles. The summed E-state index contributed by atoms with van der Waals surface area (Å²) in [6.07, 6.45) is -4.84. The van der Waals surface area contributed by atoms with Crippen molar-refractivity contribution in [3.8, 4) is 57.0 Å². The summed E-state index contributed by atoms with van der Waals surface area (Å²) in [6, 6.07) is 13.7. The molecule has 0 spiro atoms. The number of hydrogen-bond donors (Lipinski definition) is 1. The van der Waals surface area contributed by atoms with Gasteiger partial charge in [-0.2, -0.15) is 9.78 Å². The second-order valence-corrected chi connectivity index (χ2v) is 10.7. The van der Waals surface area contributed by atoms with Gasteiger partial charge in [-0.25, -0.2) is 4.98 Å². The summed E-state index contributed by atoms with van der Waals surface area (Å²) < 4.78 is 70.8. The number of rotatable bonds is 11. The number of fused-ring (bicyclic) bond motifs is 1. The summed E-state index contributed by atoms with van der Waals surface area (Å²) in [6.45, 7) is 0.910. The maximum Gasteiger partial charge on any atom is 0.573 e. The van der Waals surface area contributed by atoms with Crippen molar-refractivity contribution < 1.29 is 51.2 Å². The number of anilines is 1. The molecule has 0 bridgehead atoms. The number of methoxy groups -OCH3 is 4. The molecule has 1 amide bonds. The Kier molecular flexibility index (Phi) is 9.41. The molecule has 5 rings (SSSR count). The van der Waals surface area contributed by atoms with Gasteiger partial charge in [-0.15, -0.1) is 13.2 Å². The lowest BCUT2D eigenvalue weighted by molar-refractivity contribution is -0.274. The first-order valence-corrected chi connectivity index (χ1v) is 14.4. The van der Waals surface area contributed by atoms with Crippen LogP contribution in [0.1, 0.15) is 11.7 Å². The summed E-state index contributed by atoms with van der Waals surface area (Å²) >= 11 is 0.971. The average Bonchev–Trinajstić information content (AvgIpc) is 3.66. The van der Waals surface area contributed by atoms with Crippen LogP contribution < -0.4 is 33.7 Å². The van der Waals surface area contributed by atoms with Crippen molar-refractivity contribution in [1.29, 1.82) is 0 Å². The van der Waals surface area contributed by atoms with E-state index in [1.807, 2.05) is 0 Å². The zero-order valence-corrected chi connectivity index (χ0v) is 26.4. The van der Waals surface area contributed by atoms with Crippen molar-refractivity contribution in [1.82, 2.24) is 14.8 Å². The van der Waals surface area contributed by atoms with Crippen molar-refractivity contribution in [2.45, 2.75) is 13.3 Å². The highest BCUT2D eigenvalue weighted by atomic mass is 32.1. The summed E-state index contributed by atoms with van der Waals surface area (Å²) in [5, 5.41) is 7.24. The Balaban J connectivity index is 1.37. The molecule has 0 radical (unpaired) electrons. The van der Waals surface area contributed by atoms with Gasteiger partial charge < -0.3 is 28.4 Å². The summed E-state index contributed by atoms with van der Waals surface area (Å²) in [4.78, 5) is 29.6. The molecule has 47 heavy (non-hydrogen) atoms. The number of thiazole rings is 1. The molecule has 0 aliphatic heterocycles. The van der Waals surface area contributed by atoms with Crippen molar-refractivity contribution >= 4 is 38.5 Å². The quantitative estimate of drug-likeness (QED) is 0.167. The number of ether oxygens (including phenoxy) is 6. The van der Waals surface area contributed by atoms with Crippen LogP contribution in [-0.4, -0.2) is 68.0 Å². The minimum atomic E-state index is -4.84. The molecule has 0 fully saturated rings. The van der Waals surface area contributed by atoms with Gasteiger partial charge in [0.2, 0.25) is 11.7 Å². The zero-order valence-electron chi connectivity index (χ0n) is 25.6. The third-order valence-corrected chi connectivity index (χ3v) is 7.56. The van der Waals surface area contributed by atoms with Crippen LogP contribution in [0.5, 0.6) is 34.5 Å². The number of nitrogens with one attached hydrogen (secondary N) is 1. The molecule has 16 heteroatoms. The van der Waals surface area contributed by atoms with Gasteiger partial charge in [0.05, 0.1) is 50.0 Å². The molecule has 246 valence electrons. The molecule has 0 aliphatic carbocycles. The number of hydrogen-bond acceptors (Lipinski definition) is 11. The van der Waals surface area contributed by atoms with Gasteiger partial charge in [-0.05, 0) is 48.5 Å². The molecular weight excluding hydrogens is 645 g/mol. The van der Waals surface area contributed by atoms with E-state index in [2.05, 4.69) is 20.1 Å². The van der Waals surface area contributed by atoms with Crippen molar-refractivity contribution in [3.63, 3.8) is 0 Å². The first-order chi connectivity index (χ1) is 22.4. The van der Waals surface area contributed by atoms with Crippen LogP contribution in [0.25, 0.3) is 32.7 Å². The van der Waals surface area contributed by atoms with Gasteiger partial charge >= 0.3 is 6.36 Å². The van der Waals surface area contributed by atoms with Crippen LogP contribution >= 0.6 is 11.3 Å². The van der Waals surface area contributed by atoms with Gasteiger partial charge in [-0.3, -0.25) is 14.9 Å². The number of aromatic nitrogens is 3. The largest absolute Gasteiger partial charge is 0.573 e. The Hall–Kier alpha value is -5.51. The van der Waals surface area contributed by atoms with Gasteiger partial charge in [0.15, 0.2) is 34.7 Å². The van der Waals surface area contributed by atoms with E-state index >= 15 is 0 Å². The summed E-state index contributed by atoms with van der Waals surface area (Å²) in [5.41, 5.74) is 2.39. The fourth-order valence-corrected chi connectivity index (χ4v) is 5.51. The molecule has 0 aliphatic rings. The SMILES string of the molecule is COc1ccc(-c2cc(-c3cc(OC)c(OC)c(OC)c3)nn2C(C)=O)cc1OCC(=O)Nc1nc2ccc(OC(F)(F)F)cc2s1. The van der Waals surface area contributed by atoms with Crippen LogP contribution in [0.3, 0.4) is 0 Å². The average molecular weight is 673 g/mol. The first kappa shape index (κ1) is 32.9. The molecule has 12 nitrogen and oxygen atoms in total. The normalized spacial score (nSPS) is 11.2. The van der Waals surface area contributed by atoms with Crippen molar-refractivity contribution in [2.24, 2.45) is 0 Å². The minimum absolute atomic E-state index is 0.156. The smallest absolute Gasteiger partial charge is 0.493 e. The Morgan fingerprint density at radius 3 is 2.15 bits per heavy atom. The molecule has 2 aromatic heterocycles. The number of amides is 1. The number of alkyl halides is 3. The number of halogens is 3. The van der Waals surface area contributed by atoms with Crippen LogP contribution in [0.4, 0.5) is 18.3 Å². The molecule has 3 aromatic carbocycles. The lowest BCUT2D eigenvalue weighted by atomic mass is 10.1. The van der Waals surface area contributed by atoms with Gasteiger partial charge in [0, 0.05) is 24.1 Å². The zero-order chi connectivity index (χ0) is 33.9. The van der Waals surface area contributed by atoms with Crippen LogP contribution in [0.2, 0.25) is 0 Å². The number of carbonyl (C=O) groups excluding carboxylic acids is 2. The standard InChI is InChI=1S/C31H27F3N4O8S/c1-16(39)38-22(14-21(37-38)18-11-25(42-3)29(44-5)26(12-18)43-4)17-6-9-23(41-2)24(10-17)45-15-28(40)36-30-35-20-8-7-19(13-27(20)47-30)46-31(32,33)34/h6-14H,15H2,1-5H3,(H,35,36,40). The highest BCUT2D eigenvalue weighted by Crippen LogP contribution is 2.42. The van der Waals surface area contributed by atoms with E-state index in [1.165, 1.54) is 52.2 Å². The number of carbonyl (C=O) groups is 2. The minimum Gasteiger partial charge on any atom is -0.493 e. The fraction of sp³-hybridized carbons (Fsp3) is 0.226. The second-order valence-electron chi connectivity index (χ2n) is 9.66. The van der Waals surface area contributed by atoms with Crippen LogP contribution in [0.15, 0.2) is 54.6 Å². The maximum atomic E-state index is 12.8. The summed E-state index contributed by atoms with van der Waals surface area (Å²) in [5.74, 6) is 0.394. The third-order valence-electron chi connectivity index (χ3n) is 6.63. The van der Waals surface area contributed by atoms with Gasteiger partial charge in [0.25, 0.3) is 5.91 Å². The van der Waals surface area contributed by atoms with Crippen molar-refractivity contribution in [2.75, 3.05) is 40.4 Å².